The summed E-state index contributed by atoms with van der Waals surface area (Å²) in [5.41, 5.74) is 1.66. The third-order valence-corrected chi connectivity index (χ3v) is 4.71. The lowest BCUT2D eigenvalue weighted by molar-refractivity contribution is -0.136. The van der Waals surface area contributed by atoms with Crippen LogP contribution < -0.4 is 10.6 Å². The molecule has 28 heavy (non-hydrogen) atoms. The average Bonchev–Trinajstić information content (AvgIpc) is 3.13. The molecule has 0 atom stereocenters. The van der Waals surface area contributed by atoms with Gasteiger partial charge in [0.15, 0.2) is 0 Å². The highest BCUT2D eigenvalue weighted by molar-refractivity contribution is 7.12. The number of nitrogens with one attached hydrogen (secondary N) is 2. The summed E-state index contributed by atoms with van der Waals surface area (Å²) in [7, 11) is 0. The van der Waals surface area contributed by atoms with Gasteiger partial charge in [-0.05, 0) is 44.7 Å². The molecule has 2 rings (SSSR count). The monoisotopic (exact) mass is 401 g/mol. The van der Waals surface area contributed by atoms with Gasteiger partial charge in [-0.3, -0.25) is 14.4 Å². The molecule has 7 heteroatoms. The van der Waals surface area contributed by atoms with E-state index in [9.17, 15) is 14.4 Å². The van der Waals surface area contributed by atoms with E-state index >= 15 is 0 Å². The minimum absolute atomic E-state index is 0.0706. The van der Waals surface area contributed by atoms with Crippen molar-refractivity contribution >= 4 is 29.1 Å². The predicted octanol–water partition coefficient (Wildman–Crippen LogP) is 2.73. The minimum atomic E-state index is -0.386. The van der Waals surface area contributed by atoms with Crippen LogP contribution in [0.1, 0.15) is 41.6 Å². The summed E-state index contributed by atoms with van der Waals surface area (Å²) in [6, 6.07) is 11.3. The topological polar surface area (TPSA) is 78.5 Å². The lowest BCUT2D eigenvalue weighted by Gasteiger charge is -2.26. The number of hydrogen-bond acceptors (Lipinski definition) is 4. The molecule has 150 valence electrons. The molecule has 0 spiro atoms. The number of hydrogen-bond donors (Lipinski definition) is 2. The summed E-state index contributed by atoms with van der Waals surface area (Å²) < 4.78 is 0. The first kappa shape index (κ1) is 21.6. The highest BCUT2D eigenvalue weighted by atomic mass is 32.1. The maximum atomic E-state index is 12.7. The number of rotatable bonds is 7. The Balaban J connectivity index is 2.04. The first-order valence-electron chi connectivity index (χ1n) is 9.10. The second kappa shape index (κ2) is 9.50. The third-order valence-electron chi connectivity index (χ3n) is 3.84. The Morgan fingerprint density at radius 3 is 2.32 bits per heavy atom. The summed E-state index contributed by atoms with van der Waals surface area (Å²) in [5.74, 6) is -0.843. The van der Waals surface area contributed by atoms with Gasteiger partial charge in [0.05, 0.1) is 18.0 Å². The van der Waals surface area contributed by atoms with Crippen molar-refractivity contribution < 1.29 is 14.4 Å². The standard InChI is InChI=1S/C21H27N3O3S/c1-15-7-9-16(10-8-15)13-24(14-18(25)23-21(2,3)4)19(26)12-22-20(27)17-6-5-11-28-17/h5-11H,12-14H2,1-4H3,(H,22,27)(H,23,25). The fraction of sp³-hybridized carbons (Fsp3) is 0.381. The molecule has 0 saturated carbocycles. The van der Waals surface area contributed by atoms with E-state index in [1.807, 2.05) is 52.0 Å². The van der Waals surface area contributed by atoms with Crippen molar-refractivity contribution in [1.82, 2.24) is 15.5 Å². The van der Waals surface area contributed by atoms with Gasteiger partial charge in [0, 0.05) is 12.1 Å². The number of benzene rings is 1. The highest BCUT2D eigenvalue weighted by Gasteiger charge is 2.21. The normalized spacial score (nSPS) is 11.0. The number of nitrogens with zero attached hydrogens (tertiary/aromatic N) is 1. The number of aryl methyl sites for hydroxylation is 1. The molecular weight excluding hydrogens is 374 g/mol. The van der Waals surface area contributed by atoms with Crippen LogP contribution >= 0.6 is 11.3 Å². The van der Waals surface area contributed by atoms with Crippen LogP contribution in [0.5, 0.6) is 0 Å². The molecular formula is C21H27N3O3S. The summed E-state index contributed by atoms with van der Waals surface area (Å²) in [5, 5.41) is 7.30. The fourth-order valence-electron chi connectivity index (χ4n) is 2.54. The van der Waals surface area contributed by atoms with E-state index in [2.05, 4.69) is 10.6 Å². The van der Waals surface area contributed by atoms with Gasteiger partial charge in [-0.2, -0.15) is 0 Å². The molecule has 0 fully saturated rings. The van der Waals surface area contributed by atoms with Gasteiger partial charge in [0.25, 0.3) is 5.91 Å². The van der Waals surface area contributed by atoms with Crippen molar-refractivity contribution in [3.63, 3.8) is 0 Å². The molecule has 3 amide bonds. The SMILES string of the molecule is Cc1ccc(CN(CC(=O)NC(C)(C)C)C(=O)CNC(=O)c2cccs2)cc1. The summed E-state index contributed by atoms with van der Waals surface area (Å²) in [4.78, 5) is 39.2. The Labute approximate surface area is 169 Å². The molecule has 0 radical (unpaired) electrons. The second-order valence-electron chi connectivity index (χ2n) is 7.69. The van der Waals surface area contributed by atoms with Gasteiger partial charge >= 0.3 is 0 Å². The van der Waals surface area contributed by atoms with Crippen molar-refractivity contribution in [3.05, 3.63) is 57.8 Å². The van der Waals surface area contributed by atoms with Crippen LogP contribution in [0.2, 0.25) is 0 Å². The van der Waals surface area contributed by atoms with Gasteiger partial charge in [-0.25, -0.2) is 0 Å². The first-order chi connectivity index (χ1) is 13.1. The molecule has 6 nitrogen and oxygen atoms in total. The van der Waals surface area contributed by atoms with Crippen LogP contribution in [0.3, 0.4) is 0 Å². The first-order valence-corrected chi connectivity index (χ1v) is 9.98. The lowest BCUT2D eigenvalue weighted by Crippen LogP contribution is -2.48. The fourth-order valence-corrected chi connectivity index (χ4v) is 3.18. The molecule has 2 N–H and O–H groups in total. The Morgan fingerprint density at radius 2 is 1.75 bits per heavy atom. The molecule has 1 aromatic heterocycles. The van der Waals surface area contributed by atoms with Crippen LogP contribution in [0.15, 0.2) is 41.8 Å². The number of carbonyl (C=O) groups is 3. The molecule has 0 bridgehead atoms. The molecule has 0 aliphatic carbocycles. The molecule has 1 aromatic carbocycles. The van der Waals surface area contributed by atoms with E-state index in [1.165, 1.54) is 16.2 Å². The van der Waals surface area contributed by atoms with Crippen molar-refractivity contribution in [1.29, 1.82) is 0 Å². The van der Waals surface area contributed by atoms with Crippen molar-refractivity contribution in [2.45, 2.75) is 39.8 Å². The summed E-state index contributed by atoms with van der Waals surface area (Å²) in [6.07, 6.45) is 0. The van der Waals surface area contributed by atoms with Crippen molar-refractivity contribution in [2.75, 3.05) is 13.1 Å². The van der Waals surface area contributed by atoms with Gasteiger partial charge in [-0.15, -0.1) is 11.3 Å². The van der Waals surface area contributed by atoms with Crippen LogP contribution in [0.25, 0.3) is 0 Å². The second-order valence-corrected chi connectivity index (χ2v) is 8.64. The maximum absolute atomic E-state index is 12.7. The van der Waals surface area contributed by atoms with Gasteiger partial charge in [-0.1, -0.05) is 35.9 Å². The Kier molecular flexibility index (Phi) is 7.34. The molecule has 0 aliphatic rings. The van der Waals surface area contributed by atoms with E-state index in [-0.39, 0.29) is 36.3 Å². The van der Waals surface area contributed by atoms with Crippen molar-refractivity contribution in [2.24, 2.45) is 0 Å². The Morgan fingerprint density at radius 1 is 1.07 bits per heavy atom. The van der Waals surface area contributed by atoms with Crippen LogP contribution in [-0.2, 0) is 16.1 Å². The largest absolute Gasteiger partial charge is 0.350 e. The zero-order valence-electron chi connectivity index (χ0n) is 16.7. The predicted molar refractivity (Wildman–Crippen MR) is 111 cm³/mol. The third kappa shape index (κ3) is 7.15. The van der Waals surface area contributed by atoms with E-state index < -0.39 is 0 Å². The molecule has 0 saturated heterocycles. The lowest BCUT2D eigenvalue weighted by atomic mass is 10.1. The van der Waals surface area contributed by atoms with Crippen LogP contribution in [0, 0.1) is 6.92 Å². The van der Waals surface area contributed by atoms with Gasteiger partial charge in [0.1, 0.15) is 0 Å². The van der Waals surface area contributed by atoms with E-state index in [0.717, 1.165) is 11.1 Å². The minimum Gasteiger partial charge on any atom is -0.350 e. The summed E-state index contributed by atoms with van der Waals surface area (Å²) >= 11 is 1.31. The zero-order valence-corrected chi connectivity index (χ0v) is 17.6. The van der Waals surface area contributed by atoms with E-state index in [1.54, 1.807) is 17.5 Å². The van der Waals surface area contributed by atoms with E-state index in [4.69, 9.17) is 0 Å². The number of carbonyl (C=O) groups excluding carboxylic acids is 3. The number of amides is 3. The van der Waals surface area contributed by atoms with Crippen LogP contribution in [-0.4, -0.2) is 41.2 Å². The molecule has 0 unspecified atom stereocenters. The maximum Gasteiger partial charge on any atom is 0.261 e. The molecule has 0 aliphatic heterocycles. The molecule has 2 aromatic rings. The Bertz CT molecular complexity index is 808. The molecule has 1 heterocycles. The smallest absolute Gasteiger partial charge is 0.261 e. The van der Waals surface area contributed by atoms with E-state index in [0.29, 0.717) is 11.4 Å². The Hall–Kier alpha value is -2.67. The summed E-state index contributed by atoms with van der Waals surface area (Å²) in [6.45, 7) is 7.72. The van der Waals surface area contributed by atoms with Crippen LogP contribution in [0.4, 0.5) is 0 Å². The highest BCUT2D eigenvalue weighted by Crippen LogP contribution is 2.09. The van der Waals surface area contributed by atoms with Crippen molar-refractivity contribution in [3.8, 4) is 0 Å². The van der Waals surface area contributed by atoms with Gasteiger partial charge < -0.3 is 15.5 Å². The average molecular weight is 402 g/mol. The quantitative estimate of drug-likeness (QED) is 0.749. The number of thiophene rings is 1. The zero-order chi connectivity index (χ0) is 20.7. The van der Waals surface area contributed by atoms with Gasteiger partial charge in [0.2, 0.25) is 11.8 Å².